The van der Waals surface area contributed by atoms with Crippen LogP contribution in [0.3, 0.4) is 0 Å². The molecular formula is C13H16N2S. The molecule has 3 heteroatoms. The SMILES string of the molecule is CCC(C)c1csc(Cc2cccnc2)n1. The van der Waals surface area contributed by atoms with Crippen molar-refractivity contribution in [3.05, 3.63) is 46.2 Å². The van der Waals surface area contributed by atoms with Gasteiger partial charge in [0.1, 0.15) is 0 Å². The molecule has 0 saturated heterocycles. The summed E-state index contributed by atoms with van der Waals surface area (Å²) in [6, 6.07) is 4.07. The molecule has 0 radical (unpaired) electrons. The Hall–Kier alpha value is -1.22. The van der Waals surface area contributed by atoms with E-state index in [1.54, 1.807) is 17.5 Å². The van der Waals surface area contributed by atoms with Gasteiger partial charge in [-0.25, -0.2) is 4.98 Å². The Morgan fingerprint density at radius 1 is 1.44 bits per heavy atom. The number of aromatic nitrogens is 2. The maximum atomic E-state index is 4.67. The Morgan fingerprint density at radius 2 is 2.31 bits per heavy atom. The number of thiazole rings is 1. The minimum atomic E-state index is 0.568. The maximum absolute atomic E-state index is 4.67. The second kappa shape index (κ2) is 5.21. The van der Waals surface area contributed by atoms with Crippen LogP contribution in [0.2, 0.25) is 0 Å². The lowest BCUT2D eigenvalue weighted by Crippen LogP contribution is -1.93. The summed E-state index contributed by atoms with van der Waals surface area (Å²) >= 11 is 1.75. The quantitative estimate of drug-likeness (QED) is 0.804. The molecule has 0 aliphatic carbocycles. The summed E-state index contributed by atoms with van der Waals surface area (Å²) < 4.78 is 0. The summed E-state index contributed by atoms with van der Waals surface area (Å²) in [4.78, 5) is 8.78. The Balaban J connectivity index is 2.09. The first kappa shape index (κ1) is 11.3. The van der Waals surface area contributed by atoms with E-state index in [1.807, 2.05) is 12.3 Å². The summed E-state index contributed by atoms with van der Waals surface area (Å²) in [6.07, 6.45) is 5.76. The van der Waals surface area contributed by atoms with E-state index in [0.717, 1.165) is 12.8 Å². The largest absolute Gasteiger partial charge is 0.264 e. The minimum Gasteiger partial charge on any atom is -0.264 e. The van der Waals surface area contributed by atoms with E-state index < -0.39 is 0 Å². The number of pyridine rings is 1. The first-order valence-electron chi connectivity index (χ1n) is 5.62. The minimum absolute atomic E-state index is 0.568. The third-order valence-electron chi connectivity index (χ3n) is 2.76. The second-order valence-corrected chi connectivity index (χ2v) is 4.96. The van der Waals surface area contributed by atoms with Crippen LogP contribution in [-0.4, -0.2) is 9.97 Å². The van der Waals surface area contributed by atoms with E-state index in [1.165, 1.54) is 16.3 Å². The second-order valence-electron chi connectivity index (χ2n) is 4.01. The van der Waals surface area contributed by atoms with Crippen molar-refractivity contribution < 1.29 is 0 Å². The van der Waals surface area contributed by atoms with E-state index in [4.69, 9.17) is 0 Å². The van der Waals surface area contributed by atoms with Crippen molar-refractivity contribution in [3.8, 4) is 0 Å². The van der Waals surface area contributed by atoms with Gasteiger partial charge >= 0.3 is 0 Å². The van der Waals surface area contributed by atoms with E-state index in [-0.39, 0.29) is 0 Å². The van der Waals surface area contributed by atoms with Crippen LogP contribution in [0.25, 0.3) is 0 Å². The van der Waals surface area contributed by atoms with Crippen LogP contribution in [0, 0.1) is 0 Å². The zero-order valence-electron chi connectivity index (χ0n) is 9.68. The zero-order valence-corrected chi connectivity index (χ0v) is 10.5. The van der Waals surface area contributed by atoms with Crippen molar-refractivity contribution in [3.63, 3.8) is 0 Å². The molecule has 2 rings (SSSR count). The first-order valence-corrected chi connectivity index (χ1v) is 6.50. The molecule has 16 heavy (non-hydrogen) atoms. The lowest BCUT2D eigenvalue weighted by Gasteiger charge is -2.02. The molecule has 2 heterocycles. The molecule has 0 aromatic carbocycles. The molecule has 0 aliphatic heterocycles. The third kappa shape index (κ3) is 2.67. The standard InChI is InChI=1S/C13H16N2S/c1-3-10(2)12-9-16-13(15-12)7-11-5-4-6-14-8-11/h4-6,8-10H,3,7H2,1-2H3. The average molecular weight is 232 g/mol. The van der Waals surface area contributed by atoms with Gasteiger partial charge in [-0.1, -0.05) is 19.9 Å². The Bertz CT molecular complexity index is 436. The fraction of sp³-hybridized carbons (Fsp3) is 0.385. The molecule has 2 nitrogen and oxygen atoms in total. The number of nitrogens with zero attached hydrogens (tertiary/aromatic N) is 2. The van der Waals surface area contributed by atoms with E-state index in [9.17, 15) is 0 Å². The molecule has 84 valence electrons. The maximum Gasteiger partial charge on any atom is 0.0972 e. The molecule has 0 spiro atoms. The van der Waals surface area contributed by atoms with Crippen molar-refractivity contribution in [1.82, 2.24) is 9.97 Å². The molecule has 2 aromatic rings. The van der Waals surface area contributed by atoms with Crippen molar-refractivity contribution in [2.75, 3.05) is 0 Å². The zero-order chi connectivity index (χ0) is 11.4. The van der Waals surface area contributed by atoms with Gasteiger partial charge in [-0.2, -0.15) is 0 Å². The molecule has 1 atom stereocenters. The van der Waals surface area contributed by atoms with Gasteiger partial charge in [-0.05, 0) is 24.0 Å². The van der Waals surface area contributed by atoms with Gasteiger partial charge < -0.3 is 0 Å². The highest BCUT2D eigenvalue weighted by Crippen LogP contribution is 2.22. The van der Waals surface area contributed by atoms with Crippen LogP contribution in [0.1, 0.15) is 42.5 Å². The smallest absolute Gasteiger partial charge is 0.0972 e. The topological polar surface area (TPSA) is 25.8 Å². The lowest BCUT2D eigenvalue weighted by molar-refractivity contribution is 0.710. The monoisotopic (exact) mass is 232 g/mol. The van der Waals surface area contributed by atoms with Crippen LogP contribution >= 0.6 is 11.3 Å². The van der Waals surface area contributed by atoms with Gasteiger partial charge in [0.2, 0.25) is 0 Å². The van der Waals surface area contributed by atoms with Gasteiger partial charge in [-0.3, -0.25) is 4.98 Å². The normalized spacial score (nSPS) is 12.6. The van der Waals surface area contributed by atoms with Gasteiger partial charge in [0.05, 0.1) is 10.7 Å². The molecular weight excluding hydrogens is 216 g/mol. The molecule has 2 aromatic heterocycles. The first-order chi connectivity index (χ1) is 7.79. The van der Waals surface area contributed by atoms with Crippen molar-refractivity contribution in [1.29, 1.82) is 0 Å². The molecule has 0 fully saturated rings. The molecule has 0 N–H and O–H groups in total. The molecule has 0 amide bonds. The summed E-state index contributed by atoms with van der Waals surface area (Å²) in [5.41, 5.74) is 2.46. The average Bonchev–Trinajstić information content (AvgIpc) is 2.78. The van der Waals surface area contributed by atoms with Gasteiger partial charge in [0.15, 0.2) is 0 Å². The summed E-state index contributed by atoms with van der Waals surface area (Å²) in [7, 11) is 0. The van der Waals surface area contributed by atoms with Crippen LogP contribution in [0.5, 0.6) is 0 Å². The van der Waals surface area contributed by atoms with Gasteiger partial charge in [-0.15, -0.1) is 11.3 Å². The molecule has 0 aliphatic rings. The highest BCUT2D eigenvalue weighted by Gasteiger charge is 2.08. The number of rotatable bonds is 4. The summed E-state index contributed by atoms with van der Waals surface area (Å²) in [5, 5.41) is 3.36. The van der Waals surface area contributed by atoms with Crippen LogP contribution in [0.4, 0.5) is 0 Å². The Labute approximate surface area is 100 Å². The number of hydrogen-bond acceptors (Lipinski definition) is 3. The molecule has 0 saturated carbocycles. The van der Waals surface area contributed by atoms with Crippen molar-refractivity contribution in [2.24, 2.45) is 0 Å². The van der Waals surface area contributed by atoms with Gasteiger partial charge in [0.25, 0.3) is 0 Å². The third-order valence-corrected chi connectivity index (χ3v) is 3.63. The van der Waals surface area contributed by atoms with Crippen molar-refractivity contribution in [2.45, 2.75) is 32.6 Å². The Morgan fingerprint density at radius 3 is 3.00 bits per heavy atom. The molecule has 0 bridgehead atoms. The fourth-order valence-corrected chi connectivity index (χ4v) is 2.47. The van der Waals surface area contributed by atoms with Crippen LogP contribution < -0.4 is 0 Å². The van der Waals surface area contributed by atoms with E-state index >= 15 is 0 Å². The highest BCUT2D eigenvalue weighted by molar-refractivity contribution is 7.09. The Kier molecular flexibility index (Phi) is 3.67. The molecule has 1 unspecified atom stereocenters. The van der Waals surface area contributed by atoms with E-state index in [0.29, 0.717) is 5.92 Å². The lowest BCUT2D eigenvalue weighted by atomic mass is 10.1. The van der Waals surface area contributed by atoms with Gasteiger partial charge in [0, 0.05) is 24.2 Å². The predicted octanol–water partition coefficient (Wildman–Crippen LogP) is 3.64. The fourth-order valence-electron chi connectivity index (χ4n) is 1.52. The van der Waals surface area contributed by atoms with Crippen molar-refractivity contribution >= 4 is 11.3 Å². The highest BCUT2D eigenvalue weighted by atomic mass is 32.1. The predicted molar refractivity (Wildman–Crippen MR) is 67.9 cm³/mol. The van der Waals surface area contributed by atoms with E-state index in [2.05, 4.69) is 35.3 Å². The summed E-state index contributed by atoms with van der Waals surface area (Å²) in [6.45, 7) is 4.42. The van der Waals surface area contributed by atoms with Crippen LogP contribution in [0.15, 0.2) is 29.9 Å². The van der Waals surface area contributed by atoms with Crippen LogP contribution in [-0.2, 0) is 6.42 Å². The summed E-state index contributed by atoms with van der Waals surface area (Å²) in [5.74, 6) is 0.568. The number of hydrogen-bond donors (Lipinski definition) is 0.